The molecule has 19 heavy (non-hydrogen) atoms. The van der Waals surface area contributed by atoms with Crippen LogP contribution in [0.5, 0.6) is 0 Å². The molecule has 5 heteroatoms. The number of carboxylic acid groups (broad SMARTS) is 1. The van der Waals surface area contributed by atoms with Crippen LogP contribution in [-0.4, -0.2) is 17.4 Å². The van der Waals surface area contributed by atoms with Gasteiger partial charge < -0.3 is 5.11 Å². The van der Waals surface area contributed by atoms with Crippen LogP contribution in [-0.2, 0) is 0 Å². The minimum Gasteiger partial charge on any atom is -0.478 e. The lowest BCUT2D eigenvalue weighted by molar-refractivity contribution is 0.0696. The first kappa shape index (κ1) is 13.7. The van der Waals surface area contributed by atoms with Crippen LogP contribution in [0.1, 0.15) is 20.7 Å². The number of hydrogen-bond donors (Lipinski definition) is 1. The van der Waals surface area contributed by atoms with E-state index >= 15 is 0 Å². The average Bonchev–Trinajstić information content (AvgIpc) is 2.38. The smallest absolute Gasteiger partial charge is 0.335 e. The molecule has 0 aliphatic rings. The number of carbonyl (C=O) groups excluding carboxylic acids is 1. The Labute approximate surface area is 122 Å². The molecule has 3 nitrogen and oxygen atoms in total. The van der Waals surface area contributed by atoms with E-state index in [0.29, 0.717) is 17.4 Å². The Morgan fingerprint density at radius 3 is 2.53 bits per heavy atom. The summed E-state index contributed by atoms with van der Waals surface area (Å²) in [5.74, 6) is -1.66. The normalized spacial score (nSPS) is 10.2. The lowest BCUT2D eigenvalue weighted by atomic mass is 10.0. The molecule has 0 saturated carbocycles. The number of aromatic carboxylic acids is 1. The van der Waals surface area contributed by atoms with Gasteiger partial charge in [0, 0.05) is 3.57 Å². The molecule has 0 fully saturated rings. The van der Waals surface area contributed by atoms with E-state index in [2.05, 4.69) is 0 Å². The summed E-state index contributed by atoms with van der Waals surface area (Å²) in [6.07, 6.45) is 0.442. The van der Waals surface area contributed by atoms with Crippen molar-refractivity contribution in [2.24, 2.45) is 0 Å². The van der Waals surface area contributed by atoms with E-state index < -0.39 is 11.8 Å². The van der Waals surface area contributed by atoms with Crippen LogP contribution in [0, 0.1) is 9.39 Å². The van der Waals surface area contributed by atoms with Gasteiger partial charge >= 0.3 is 5.97 Å². The second-order valence-electron chi connectivity index (χ2n) is 3.85. The molecule has 0 atom stereocenters. The maximum atomic E-state index is 13.6. The fraction of sp³-hybridized carbons (Fsp3) is 0. The SMILES string of the molecule is O=Cc1ccc(-c2cc(C(=O)O)ccc2I)cc1F. The van der Waals surface area contributed by atoms with E-state index in [4.69, 9.17) is 5.11 Å². The number of benzene rings is 2. The highest BCUT2D eigenvalue weighted by Gasteiger charge is 2.10. The number of carboxylic acids is 1. The molecule has 1 N–H and O–H groups in total. The predicted molar refractivity (Wildman–Crippen MR) is 76.9 cm³/mol. The quantitative estimate of drug-likeness (QED) is 0.664. The van der Waals surface area contributed by atoms with Crippen molar-refractivity contribution in [1.29, 1.82) is 0 Å². The van der Waals surface area contributed by atoms with Crippen molar-refractivity contribution in [3.63, 3.8) is 0 Å². The molecular weight excluding hydrogens is 362 g/mol. The van der Waals surface area contributed by atoms with Gasteiger partial charge in [-0.25, -0.2) is 9.18 Å². The molecule has 0 unspecified atom stereocenters. The summed E-state index contributed by atoms with van der Waals surface area (Å²) in [5.41, 5.74) is 1.27. The zero-order valence-electron chi connectivity index (χ0n) is 9.56. The summed E-state index contributed by atoms with van der Waals surface area (Å²) in [6.45, 7) is 0. The third-order valence-corrected chi connectivity index (χ3v) is 3.59. The lowest BCUT2D eigenvalue weighted by Gasteiger charge is -2.07. The number of hydrogen-bond acceptors (Lipinski definition) is 2. The molecule has 0 aliphatic carbocycles. The van der Waals surface area contributed by atoms with Gasteiger partial charge in [0.05, 0.1) is 11.1 Å². The third-order valence-electron chi connectivity index (χ3n) is 2.65. The van der Waals surface area contributed by atoms with Crippen molar-refractivity contribution in [1.82, 2.24) is 0 Å². The van der Waals surface area contributed by atoms with Gasteiger partial charge in [-0.1, -0.05) is 6.07 Å². The molecule has 0 aromatic heterocycles. The summed E-state index contributed by atoms with van der Waals surface area (Å²) < 4.78 is 14.4. The molecule has 0 heterocycles. The van der Waals surface area contributed by atoms with Crippen molar-refractivity contribution in [2.45, 2.75) is 0 Å². The zero-order valence-corrected chi connectivity index (χ0v) is 11.7. The van der Waals surface area contributed by atoms with Crippen LogP contribution in [0.25, 0.3) is 11.1 Å². The highest BCUT2D eigenvalue weighted by Crippen LogP contribution is 2.27. The number of aldehydes is 1. The van der Waals surface area contributed by atoms with E-state index in [1.165, 1.54) is 24.3 Å². The van der Waals surface area contributed by atoms with E-state index in [-0.39, 0.29) is 11.1 Å². The summed E-state index contributed by atoms with van der Waals surface area (Å²) in [4.78, 5) is 21.5. The third kappa shape index (κ3) is 2.81. The Bertz CT molecular complexity index is 668. The van der Waals surface area contributed by atoms with Gasteiger partial charge in [-0.2, -0.15) is 0 Å². The summed E-state index contributed by atoms with van der Waals surface area (Å²) in [7, 11) is 0. The second kappa shape index (κ2) is 5.48. The number of halogens is 2. The van der Waals surface area contributed by atoms with E-state index in [9.17, 15) is 14.0 Å². The van der Waals surface area contributed by atoms with Gasteiger partial charge in [0.2, 0.25) is 0 Å². The van der Waals surface area contributed by atoms with Crippen LogP contribution in [0.3, 0.4) is 0 Å². The molecule has 0 spiro atoms. The monoisotopic (exact) mass is 370 g/mol. The molecule has 0 bridgehead atoms. The Hall–Kier alpha value is -1.76. The van der Waals surface area contributed by atoms with Crippen LogP contribution < -0.4 is 0 Å². The molecule has 2 aromatic carbocycles. The molecule has 0 radical (unpaired) electrons. The first-order valence-electron chi connectivity index (χ1n) is 5.31. The highest BCUT2D eigenvalue weighted by molar-refractivity contribution is 14.1. The molecular formula is C14H8FIO3. The van der Waals surface area contributed by atoms with Gasteiger partial charge in [-0.05, 0) is 64.0 Å². The molecule has 0 amide bonds. The Kier molecular flexibility index (Phi) is 3.94. The van der Waals surface area contributed by atoms with Gasteiger partial charge in [0.15, 0.2) is 6.29 Å². The minimum atomic E-state index is -1.04. The largest absolute Gasteiger partial charge is 0.478 e. The van der Waals surface area contributed by atoms with Crippen molar-refractivity contribution in [3.05, 3.63) is 56.9 Å². The Morgan fingerprint density at radius 2 is 1.95 bits per heavy atom. The summed E-state index contributed by atoms with van der Waals surface area (Å²) >= 11 is 2.05. The van der Waals surface area contributed by atoms with Crippen LogP contribution in [0.2, 0.25) is 0 Å². The Balaban J connectivity index is 2.57. The van der Waals surface area contributed by atoms with Crippen LogP contribution in [0.15, 0.2) is 36.4 Å². The molecule has 96 valence electrons. The fourth-order valence-electron chi connectivity index (χ4n) is 1.67. The van der Waals surface area contributed by atoms with Crippen molar-refractivity contribution >= 4 is 34.8 Å². The first-order chi connectivity index (χ1) is 9.02. The predicted octanol–water partition coefficient (Wildman–Crippen LogP) is 3.61. The number of carbonyl (C=O) groups is 2. The average molecular weight is 370 g/mol. The molecule has 2 aromatic rings. The van der Waals surface area contributed by atoms with Crippen molar-refractivity contribution in [2.75, 3.05) is 0 Å². The van der Waals surface area contributed by atoms with Gasteiger partial charge in [0.1, 0.15) is 5.82 Å². The molecule has 0 saturated heterocycles. The van der Waals surface area contributed by atoms with Crippen LogP contribution >= 0.6 is 22.6 Å². The van der Waals surface area contributed by atoms with E-state index in [1.54, 1.807) is 12.1 Å². The highest BCUT2D eigenvalue weighted by atomic mass is 127. The van der Waals surface area contributed by atoms with Gasteiger partial charge in [-0.15, -0.1) is 0 Å². The maximum absolute atomic E-state index is 13.6. The standard InChI is InChI=1S/C14H8FIO3/c15-12-6-8(1-2-10(12)7-17)11-5-9(14(18)19)3-4-13(11)16/h1-7H,(H,18,19). The van der Waals surface area contributed by atoms with E-state index in [0.717, 1.165) is 3.57 Å². The van der Waals surface area contributed by atoms with Crippen molar-refractivity contribution < 1.29 is 19.1 Å². The second-order valence-corrected chi connectivity index (χ2v) is 5.02. The molecule has 2 rings (SSSR count). The van der Waals surface area contributed by atoms with Crippen LogP contribution in [0.4, 0.5) is 4.39 Å². The van der Waals surface area contributed by atoms with E-state index in [1.807, 2.05) is 22.6 Å². The lowest BCUT2D eigenvalue weighted by Crippen LogP contribution is -1.97. The maximum Gasteiger partial charge on any atom is 0.335 e. The Morgan fingerprint density at radius 1 is 1.21 bits per heavy atom. The van der Waals surface area contributed by atoms with Gasteiger partial charge in [0.25, 0.3) is 0 Å². The van der Waals surface area contributed by atoms with Gasteiger partial charge in [-0.3, -0.25) is 4.79 Å². The summed E-state index contributed by atoms with van der Waals surface area (Å²) in [6, 6.07) is 8.83. The minimum absolute atomic E-state index is 0.0202. The first-order valence-corrected chi connectivity index (χ1v) is 6.38. The van der Waals surface area contributed by atoms with Crippen molar-refractivity contribution in [3.8, 4) is 11.1 Å². The molecule has 0 aliphatic heterocycles. The number of rotatable bonds is 3. The topological polar surface area (TPSA) is 54.4 Å². The zero-order chi connectivity index (χ0) is 14.0. The summed E-state index contributed by atoms with van der Waals surface area (Å²) in [5, 5.41) is 8.96. The fourth-order valence-corrected chi connectivity index (χ4v) is 2.32.